The van der Waals surface area contributed by atoms with Gasteiger partial charge in [-0.15, -0.1) is 0 Å². The second-order valence-corrected chi connectivity index (χ2v) is 18.8. The molecule has 14 heteroatoms. The van der Waals surface area contributed by atoms with E-state index in [2.05, 4.69) is 0 Å². The standard InChI is InChI=1S/C45H62FN5O8/c1-44(2,3)58-42(54)50-23-21-47(22-24-50)34-26-33(46)27-37(28-34)56-35-13-18-49(19-14-35)41(53)32-9-10-39(57-36-15-20-51(29-36)43(55)59-45(4,5)6)38(25-32)30-11-16-48(17-12-30)40(52)31-7-8-31/h9-10,25-28,30-31,35-36H,7-8,11-24,29H2,1-6H3/t36-/m0/s1. The van der Waals surface area contributed by atoms with E-state index in [0.29, 0.717) is 102 Å². The summed E-state index contributed by atoms with van der Waals surface area (Å²) in [6.45, 7) is 16.4. The first kappa shape index (κ1) is 42.4. The summed E-state index contributed by atoms with van der Waals surface area (Å²) in [5, 5.41) is 0. The monoisotopic (exact) mass is 819 g/mol. The summed E-state index contributed by atoms with van der Waals surface area (Å²) in [6.07, 6.45) is 4.33. The molecule has 1 atom stereocenters. The van der Waals surface area contributed by atoms with Crippen molar-refractivity contribution in [2.75, 3.05) is 70.3 Å². The molecule has 0 aromatic heterocycles. The first-order valence-corrected chi connectivity index (χ1v) is 21.5. The van der Waals surface area contributed by atoms with Crippen LogP contribution in [0.3, 0.4) is 0 Å². The number of carbonyl (C=O) groups is 4. The van der Waals surface area contributed by atoms with Crippen molar-refractivity contribution in [3.05, 3.63) is 53.3 Å². The predicted molar refractivity (Wildman–Crippen MR) is 221 cm³/mol. The van der Waals surface area contributed by atoms with Crippen molar-refractivity contribution in [3.63, 3.8) is 0 Å². The average molecular weight is 820 g/mol. The Hall–Kier alpha value is -4.75. The maximum Gasteiger partial charge on any atom is 0.410 e. The number of rotatable bonds is 8. The third-order valence-corrected chi connectivity index (χ3v) is 11.7. The largest absolute Gasteiger partial charge is 0.490 e. The van der Waals surface area contributed by atoms with E-state index in [1.807, 2.05) is 80.5 Å². The van der Waals surface area contributed by atoms with Crippen molar-refractivity contribution in [3.8, 4) is 11.5 Å². The summed E-state index contributed by atoms with van der Waals surface area (Å²) in [7, 11) is 0. The molecular weight excluding hydrogens is 758 g/mol. The zero-order chi connectivity index (χ0) is 42.1. The van der Waals surface area contributed by atoms with E-state index in [1.165, 1.54) is 12.1 Å². The van der Waals surface area contributed by atoms with Crippen molar-refractivity contribution >= 4 is 29.7 Å². The fourth-order valence-corrected chi connectivity index (χ4v) is 8.43. The number of hydrogen-bond acceptors (Lipinski definition) is 9. The van der Waals surface area contributed by atoms with Crippen LogP contribution < -0.4 is 14.4 Å². The molecule has 5 fully saturated rings. The third kappa shape index (κ3) is 11.1. The van der Waals surface area contributed by atoms with Gasteiger partial charge in [0, 0.05) is 107 Å². The zero-order valence-corrected chi connectivity index (χ0v) is 35.7. The summed E-state index contributed by atoms with van der Waals surface area (Å²) in [6, 6.07) is 10.4. The maximum atomic E-state index is 14.9. The fourth-order valence-electron chi connectivity index (χ4n) is 8.43. The Morgan fingerprint density at radius 2 is 1.20 bits per heavy atom. The van der Waals surface area contributed by atoms with E-state index in [4.69, 9.17) is 18.9 Å². The van der Waals surface area contributed by atoms with Gasteiger partial charge in [-0.1, -0.05) is 0 Å². The number of piperazine rings is 1. The van der Waals surface area contributed by atoms with E-state index in [9.17, 15) is 23.6 Å². The highest BCUT2D eigenvalue weighted by atomic mass is 19.1. The zero-order valence-electron chi connectivity index (χ0n) is 35.7. The van der Waals surface area contributed by atoms with E-state index < -0.39 is 17.0 Å². The Kier molecular flexibility index (Phi) is 12.5. The van der Waals surface area contributed by atoms with Crippen molar-refractivity contribution in [2.45, 2.75) is 116 Å². The first-order chi connectivity index (χ1) is 28.0. The van der Waals surface area contributed by atoms with Gasteiger partial charge in [0.15, 0.2) is 0 Å². The Bertz CT molecular complexity index is 1850. The number of likely N-dealkylation sites (tertiary alicyclic amines) is 3. The third-order valence-electron chi connectivity index (χ3n) is 11.7. The molecule has 0 unspecified atom stereocenters. The van der Waals surface area contributed by atoms with E-state index in [1.54, 1.807) is 9.80 Å². The molecule has 59 heavy (non-hydrogen) atoms. The molecule has 0 radical (unpaired) electrons. The van der Waals surface area contributed by atoms with Gasteiger partial charge in [0.2, 0.25) is 5.91 Å². The second-order valence-electron chi connectivity index (χ2n) is 18.8. The number of amides is 4. The molecule has 0 spiro atoms. The van der Waals surface area contributed by atoms with Crippen molar-refractivity contribution < 1.29 is 42.5 Å². The lowest BCUT2D eigenvalue weighted by Gasteiger charge is -2.37. The Morgan fingerprint density at radius 1 is 0.610 bits per heavy atom. The number of halogens is 1. The van der Waals surface area contributed by atoms with Gasteiger partial charge in [0.05, 0.1) is 6.54 Å². The van der Waals surface area contributed by atoms with Crippen molar-refractivity contribution in [2.24, 2.45) is 5.92 Å². The number of ether oxygens (including phenoxy) is 4. The number of hydrogen-bond donors (Lipinski definition) is 0. The van der Waals surface area contributed by atoms with Gasteiger partial charge in [-0.3, -0.25) is 9.59 Å². The first-order valence-electron chi connectivity index (χ1n) is 21.5. The lowest BCUT2D eigenvalue weighted by atomic mass is 9.87. The Balaban J connectivity index is 0.967. The van der Waals surface area contributed by atoms with Crippen LogP contribution in [-0.4, -0.2) is 132 Å². The van der Waals surface area contributed by atoms with Crippen LogP contribution >= 0.6 is 0 Å². The smallest absolute Gasteiger partial charge is 0.410 e. The van der Waals surface area contributed by atoms with Crippen molar-refractivity contribution in [1.82, 2.24) is 19.6 Å². The molecule has 4 amide bonds. The molecule has 13 nitrogen and oxygen atoms in total. The molecule has 5 aliphatic rings. The highest BCUT2D eigenvalue weighted by Gasteiger charge is 2.37. The normalized spacial score (nSPS) is 21.1. The van der Waals surface area contributed by atoms with Crippen LogP contribution in [0.4, 0.5) is 19.7 Å². The minimum absolute atomic E-state index is 0.0619. The van der Waals surface area contributed by atoms with E-state index in [-0.39, 0.29) is 48.0 Å². The summed E-state index contributed by atoms with van der Waals surface area (Å²) < 4.78 is 38.9. The molecule has 0 N–H and O–H groups in total. The molecule has 4 saturated heterocycles. The number of benzene rings is 2. The van der Waals surface area contributed by atoms with Crippen LogP contribution in [0.25, 0.3) is 0 Å². The van der Waals surface area contributed by atoms with Crippen LogP contribution in [0, 0.1) is 11.7 Å². The van der Waals surface area contributed by atoms with Crippen molar-refractivity contribution in [1.29, 1.82) is 0 Å². The molecule has 1 saturated carbocycles. The fraction of sp³-hybridized carbons (Fsp3) is 0.644. The van der Waals surface area contributed by atoms with Crippen LogP contribution in [0.15, 0.2) is 36.4 Å². The summed E-state index contributed by atoms with van der Waals surface area (Å²) in [5.74, 6) is 1.27. The van der Waals surface area contributed by atoms with Crippen LogP contribution in [0.1, 0.15) is 108 Å². The van der Waals surface area contributed by atoms with Gasteiger partial charge in [-0.05, 0) is 103 Å². The quantitative estimate of drug-likeness (QED) is 0.276. The molecule has 0 bridgehead atoms. The summed E-state index contributed by atoms with van der Waals surface area (Å²) in [4.78, 5) is 61.5. The van der Waals surface area contributed by atoms with Gasteiger partial charge < -0.3 is 43.4 Å². The molecule has 2 aromatic carbocycles. The topological polar surface area (TPSA) is 121 Å². The van der Waals surface area contributed by atoms with Crippen LogP contribution in [0.2, 0.25) is 0 Å². The molecule has 2 aromatic rings. The second kappa shape index (κ2) is 17.5. The molecule has 322 valence electrons. The minimum Gasteiger partial charge on any atom is -0.490 e. The highest BCUT2D eigenvalue weighted by molar-refractivity contribution is 5.94. The lowest BCUT2D eigenvalue weighted by molar-refractivity contribution is -0.133. The molecule has 7 rings (SSSR count). The molecule has 1 aliphatic carbocycles. The van der Waals surface area contributed by atoms with Crippen LogP contribution in [-0.2, 0) is 14.3 Å². The summed E-state index contributed by atoms with van der Waals surface area (Å²) >= 11 is 0. The predicted octanol–water partition coefficient (Wildman–Crippen LogP) is 7.07. The Labute approximate surface area is 348 Å². The van der Waals surface area contributed by atoms with Gasteiger partial charge in [0.1, 0.15) is 40.7 Å². The molecule has 4 aliphatic heterocycles. The number of piperidine rings is 2. The maximum absolute atomic E-state index is 14.9. The SMILES string of the molecule is CC(C)(C)OC(=O)N1CCN(c2cc(F)cc(OC3CCN(C(=O)c4ccc(O[C@H]5CCN(C(=O)OC(C)(C)C)C5)c(C5CCN(C(=O)C6CC6)CC5)c4)CC3)c2)CC1. The number of carbonyl (C=O) groups excluding carboxylic acids is 4. The molecular formula is C45H62FN5O8. The van der Waals surface area contributed by atoms with E-state index in [0.717, 1.165) is 37.0 Å². The molecule has 4 heterocycles. The average Bonchev–Trinajstić information content (AvgIpc) is 3.94. The van der Waals surface area contributed by atoms with E-state index >= 15 is 0 Å². The van der Waals surface area contributed by atoms with Gasteiger partial charge >= 0.3 is 12.2 Å². The van der Waals surface area contributed by atoms with Gasteiger partial charge in [0.25, 0.3) is 5.91 Å². The number of nitrogens with zero attached hydrogens (tertiary/aromatic N) is 5. The highest BCUT2D eigenvalue weighted by Crippen LogP contribution is 2.39. The van der Waals surface area contributed by atoms with Crippen LogP contribution in [0.5, 0.6) is 11.5 Å². The lowest BCUT2D eigenvalue weighted by Crippen LogP contribution is -2.50. The number of anilines is 1. The Morgan fingerprint density at radius 3 is 1.83 bits per heavy atom. The minimum atomic E-state index is -0.584. The summed E-state index contributed by atoms with van der Waals surface area (Å²) in [5.41, 5.74) is 1.11. The van der Waals surface area contributed by atoms with Gasteiger partial charge in [-0.25, -0.2) is 14.0 Å². The van der Waals surface area contributed by atoms with Gasteiger partial charge in [-0.2, -0.15) is 0 Å².